The highest BCUT2D eigenvalue weighted by atomic mass is 31.2. The summed E-state index contributed by atoms with van der Waals surface area (Å²) in [6.07, 6.45) is -0.0151. The second kappa shape index (κ2) is 6.95. The maximum Gasteiger partial charge on any atom is 0.343 e. The normalized spacial score (nSPS) is 11.4. The zero-order valence-corrected chi connectivity index (χ0v) is 9.50. The second-order valence-electron chi connectivity index (χ2n) is 2.37. The molecule has 14 heavy (non-hydrogen) atoms. The van der Waals surface area contributed by atoms with Crippen LogP contribution < -0.4 is 5.32 Å². The Hall–Kier alpha value is -0.420. The Kier molecular flexibility index (Phi) is 6.74. The highest BCUT2D eigenvalue weighted by Gasteiger charge is 2.20. The quantitative estimate of drug-likeness (QED) is 0.504. The Morgan fingerprint density at radius 2 is 1.93 bits per heavy atom. The number of nitrogens with one attached hydrogen (secondary N) is 1. The van der Waals surface area contributed by atoms with Gasteiger partial charge in [-0.1, -0.05) is 0 Å². The van der Waals surface area contributed by atoms with Crippen LogP contribution in [-0.4, -0.2) is 39.6 Å². The Labute approximate surface area is 83.4 Å². The van der Waals surface area contributed by atoms with Crippen molar-refractivity contribution in [3.63, 3.8) is 0 Å². The van der Waals surface area contributed by atoms with Crippen LogP contribution in [0.15, 0.2) is 0 Å². The molecule has 0 unspecified atom stereocenters. The maximum atomic E-state index is 11.4. The van der Waals surface area contributed by atoms with Gasteiger partial charge >= 0.3 is 13.6 Å². The lowest BCUT2D eigenvalue weighted by Crippen LogP contribution is -2.26. The summed E-state index contributed by atoms with van der Waals surface area (Å²) in [5, 5.41) is 2.62. The van der Waals surface area contributed by atoms with Gasteiger partial charge in [-0.2, -0.15) is 0 Å². The van der Waals surface area contributed by atoms with Crippen LogP contribution in [0.25, 0.3) is 0 Å². The molecule has 84 valence electrons. The van der Waals surface area contributed by atoms with E-state index in [0.717, 1.165) is 0 Å². The predicted octanol–water partition coefficient (Wildman–Crippen LogP) is 0.582. The number of rotatable bonds is 7. The van der Waals surface area contributed by atoms with Crippen molar-refractivity contribution in [1.29, 1.82) is 0 Å². The molecule has 0 heterocycles. The molecule has 0 radical (unpaired) electrons. The lowest BCUT2D eigenvalue weighted by molar-refractivity contribution is -0.141. The smallest absolute Gasteiger partial charge is 0.343 e. The molecule has 0 aliphatic rings. The van der Waals surface area contributed by atoms with Crippen LogP contribution in [0, 0.1) is 0 Å². The van der Waals surface area contributed by atoms with Gasteiger partial charge in [-0.15, -0.1) is 0 Å². The Balaban J connectivity index is 3.72. The fourth-order valence-corrected chi connectivity index (χ4v) is 1.50. The summed E-state index contributed by atoms with van der Waals surface area (Å²) >= 11 is 0. The van der Waals surface area contributed by atoms with Crippen LogP contribution >= 0.6 is 7.60 Å². The summed E-state index contributed by atoms with van der Waals surface area (Å²) in [4.78, 5) is 10.8. The average Bonchev–Trinajstić information content (AvgIpc) is 2.18. The molecule has 0 aliphatic heterocycles. The van der Waals surface area contributed by atoms with Gasteiger partial charge in [-0.3, -0.25) is 14.7 Å². The van der Waals surface area contributed by atoms with Gasteiger partial charge in [0.2, 0.25) is 0 Å². The molecule has 0 rings (SSSR count). The van der Waals surface area contributed by atoms with E-state index in [9.17, 15) is 9.36 Å². The highest BCUT2D eigenvalue weighted by Crippen LogP contribution is 2.44. The Morgan fingerprint density at radius 1 is 1.36 bits per heavy atom. The molecular formula is C7H16NO5P. The van der Waals surface area contributed by atoms with E-state index < -0.39 is 13.6 Å². The van der Waals surface area contributed by atoms with E-state index in [4.69, 9.17) is 0 Å². The van der Waals surface area contributed by atoms with Crippen molar-refractivity contribution < 1.29 is 23.1 Å². The Morgan fingerprint density at radius 3 is 2.36 bits per heavy atom. The van der Waals surface area contributed by atoms with Gasteiger partial charge < -0.3 is 13.8 Å². The van der Waals surface area contributed by atoms with Crippen molar-refractivity contribution in [2.45, 2.75) is 6.92 Å². The van der Waals surface area contributed by atoms with Crippen molar-refractivity contribution in [2.24, 2.45) is 0 Å². The van der Waals surface area contributed by atoms with Crippen LogP contribution in [0.3, 0.4) is 0 Å². The molecule has 0 aromatic rings. The third kappa shape index (κ3) is 5.34. The average molecular weight is 225 g/mol. The zero-order chi connectivity index (χ0) is 11.0. The van der Waals surface area contributed by atoms with E-state index in [2.05, 4.69) is 19.1 Å². The first-order valence-corrected chi connectivity index (χ1v) is 5.87. The third-order valence-electron chi connectivity index (χ3n) is 1.44. The number of hydrogen-bond acceptors (Lipinski definition) is 6. The topological polar surface area (TPSA) is 73.9 Å². The number of carbonyl (C=O) groups excluding carboxylic acids is 1. The molecule has 1 N–H and O–H groups in total. The van der Waals surface area contributed by atoms with E-state index in [-0.39, 0.29) is 12.8 Å². The van der Waals surface area contributed by atoms with Crippen LogP contribution in [0.4, 0.5) is 0 Å². The standard InChI is InChI=1S/C7H16NO5P/c1-4-13-7(9)5-8-6-14(10,11-2)12-3/h8H,4-6H2,1-3H3. The van der Waals surface area contributed by atoms with Gasteiger partial charge in [-0.05, 0) is 6.92 Å². The molecular weight excluding hydrogens is 209 g/mol. The summed E-state index contributed by atoms with van der Waals surface area (Å²) in [7, 11) is -0.499. The number of hydrogen-bond donors (Lipinski definition) is 1. The van der Waals surface area contributed by atoms with Crippen LogP contribution in [0.2, 0.25) is 0 Å². The van der Waals surface area contributed by atoms with E-state index >= 15 is 0 Å². The lowest BCUT2D eigenvalue weighted by atomic mass is 10.6. The van der Waals surface area contributed by atoms with Crippen molar-refractivity contribution in [3.8, 4) is 0 Å². The fourth-order valence-electron chi connectivity index (χ4n) is 0.711. The SMILES string of the molecule is CCOC(=O)CNCP(=O)(OC)OC. The fraction of sp³-hybridized carbons (Fsp3) is 0.857. The van der Waals surface area contributed by atoms with E-state index in [1.54, 1.807) is 6.92 Å². The highest BCUT2D eigenvalue weighted by molar-refractivity contribution is 7.53. The summed E-state index contributed by atoms with van der Waals surface area (Å²) in [5.41, 5.74) is 0. The van der Waals surface area contributed by atoms with E-state index in [1.807, 2.05) is 0 Å². The molecule has 0 bridgehead atoms. The number of esters is 1. The van der Waals surface area contributed by atoms with Gasteiger partial charge in [-0.25, -0.2) is 0 Å². The summed E-state index contributed by atoms with van der Waals surface area (Å²) in [5.74, 6) is -0.397. The molecule has 0 amide bonds. The number of ether oxygens (including phenoxy) is 1. The molecule has 0 fully saturated rings. The predicted molar refractivity (Wildman–Crippen MR) is 51.1 cm³/mol. The first-order chi connectivity index (χ1) is 6.58. The second-order valence-corrected chi connectivity index (χ2v) is 4.63. The molecule has 0 atom stereocenters. The summed E-state index contributed by atoms with van der Waals surface area (Å²) in [6.45, 7) is 2.03. The van der Waals surface area contributed by atoms with Gasteiger partial charge in [0.1, 0.15) is 0 Å². The zero-order valence-electron chi connectivity index (χ0n) is 8.61. The van der Waals surface area contributed by atoms with Crippen LogP contribution in [0.1, 0.15) is 6.92 Å². The minimum atomic E-state index is -3.08. The largest absolute Gasteiger partial charge is 0.465 e. The van der Waals surface area contributed by atoms with E-state index in [1.165, 1.54) is 14.2 Å². The maximum absolute atomic E-state index is 11.4. The number of carbonyl (C=O) groups is 1. The minimum Gasteiger partial charge on any atom is -0.465 e. The lowest BCUT2D eigenvalue weighted by Gasteiger charge is -2.13. The molecule has 0 saturated heterocycles. The molecule has 0 saturated carbocycles. The Bertz CT molecular complexity index is 212. The van der Waals surface area contributed by atoms with Gasteiger partial charge in [0, 0.05) is 14.2 Å². The third-order valence-corrected chi connectivity index (χ3v) is 3.16. The van der Waals surface area contributed by atoms with E-state index in [0.29, 0.717) is 6.61 Å². The van der Waals surface area contributed by atoms with Gasteiger partial charge in [0.15, 0.2) is 0 Å². The molecule has 6 nitrogen and oxygen atoms in total. The van der Waals surface area contributed by atoms with Crippen molar-refractivity contribution in [3.05, 3.63) is 0 Å². The van der Waals surface area contributed by atoms with Crippen molar-refractivity contribution in [1.82, 2.24) is 5.32 Å². The first-order valence-electron chi connectivity index (χ1n) is 4.15. The summed E-state index contributed by atoms with van der Waals surface area (Å²) in [6, 6.07) is 0. The molecule has 0 aromatic heterocycles. The molecule has 0 aromatic carbocycles. The van der Waals surface area contributed by atoms with Crippen molar-refractivity contribution in [2.75, 3.05) is 33.7 Å². The molecule has 0 spiro atoms. The minimum absolute atomic E-state index is 0.00938. The molecule has 7 heteroatoms. The molecule has 0 aliphatic carbocycles. The van der Waals surface area contributed by atoms with Crippen LogP contribution in [-0.2, 0) is 23.1 Å². The van der Waals surface area contributed by atoms with Crippen molar-refractivity contribution >= 4 is 13.6 Å². The first kappa shape index (κ1) is 13.6. The van der Waals surface area contributed by atoms with Crippen LogP contribution in [0.5, 0.6) is 0 Å². The van der Waals surface area contributed by atoms with Gasteiger partial charge in [0.25, 0.3) is 0 Å². The van der Waals surface area contributed by atoms with Gasteiger partial charge in [0.05, 0.1) is 19.4 Å². The summed E-state index contributed by atoms with van der Waals surface area (Å²) < 4.78 is 25.4. The monoisotopic (exact) mass is 225 g/mol.